The van der Waals surface area contributed by atoms with Crippen LogP contribution in [0.25, 0.3) is 0 Å². The van der Waals surface area contributed by atoms with Crippen LogP contribution in [0.4, 0.5) is 0 Å². The summed E-state index contributed by atoms with van der Waals surface area (Å²) in [6.45, 7) is 15.6. The van der Waals surface area contributed by atoms with Gasteiger partial charge in [-0.25, -0.2) is 0 Å². The third-order valence-electron chi connectivity index (χ3n) is 5.08. The fourth-order valence-electron chi connectivity index (χ4n) is 3.21. The molecule has 0 bridgehead atoms. The first-order chi connectivity index (χ1) is 12.0. The summed E-state index contributed by atoms with van der Waals surface area (Å²) < 4.78 is 14.2. The molecule has 1 aliphatic heterocycles. The summed E-state index contributed by atoms with van der Waals surface area (Å²) >= 11 is -0.673. The van der Waals surface area contributed by atoms with Crippen molar-refractivity contribution in [2.24, 2.45) is 0 Å². The molecule has 0 atom stereocenters. The van der Waals surface area contributed by atoms with Crippen LogP contribution in [0, 0.1) is 0 Å². The molecule has 0 N–H and O–H groups in total. The first-order valence-electron chi connectivity index (χ1n) is 9.27. The zero-order chi connectivity index (χ0) is 19.2. The van der Waals surface area contributed by atoms with Crippen molar-refractivity contribution in [3.8, 4) is 0 Å². The summed E-state index contributed by atoms with van der Waals surface area (Å²) in [6, 6.07) is 15.4. The molecule has 26 heavy (non-hydrogen) atoms. The van der Waals surface area contributed by atoms with Gasteiger partial charge in [-0.05, 0) is 0 Å². The average Bonchev–Trinajstić information content (AvgIpc) is 2.88. The van der Waals surface area contributed by atoms with Gasteiger partial charge in [0.2, 0.25) is 0 Å². The molecule has 1 heterocycles. The molecule has 136 valence electrons. The van der Waals surface area contributed by atoms with Crippen LogP contribution in [-0.2, 0) is 60.5 Å². The third-order valence-corrected chi connectivity index (χ3v) is 12.8. The van der Waals surface area contributed by atoms with E-state index in [1.807, 2.05) is 0 Å². The van der Waals surface area contributed by atoms with Gasteiger partial charge in [-0.15, -0.1) is 0 Å². The molecule has 0 saturated heterocycles. The van der Waals surface area contributed by atoms with E-state index in [9.17, 15) is 0 Å². The molecule has 3 rings (SSSR count). The second-order valence-corrected chi connectivity index (χ2v) is 15.4. The van der Waals surface area contributed by atoms with Gasteiger partial charge in [-0.1, -0.05) is 0 Å². The van der Waals surface area contributed by atoms with Crippen molar-refractivity contribution in [1.29, 1.82) is 0 Å². The van der Waals surface area contributed by atoms with Gasteiger partial charge in [0.15, 0.2) is 0 Å². The number of hydrogen-bond acceptors (Lipinski definition) is 2. The van der Waals surface area contributed by atoms with Crippen LogP contribution in [-0.4, -0.2) is 0 Å². The Morgan fingerprint density at radius 3 is 2.27 bits per heavy atom. The minimum absolute atomic E-state index is 0.0964. The maximum absolute atomic E-state index is 6.62. The van der Waals surface area contributed by atoms with E-state index in [0.29, 0.717) is 0 Å². The van der Waals surface area contributed by atoms with E-state index in [1.54, 1.807) is 0 Å². The van der Waals surface area contributed by atoms with Crippen molar-refractivity contribution in [2.75, 3.05) is 0 Å². The summed E-state index contributed by atoms with van der Waals surface area (Å²) in [5.74, 6) is 0. The predicted octanol–water partition coefficient (Wildman–Crippen LogP) is 4.91. The molecule has 0 amide bonds. The van der Waals surface area contributed by atoms with Gasteiger partial charge in [0.1, 0.15) is 0 Å². The Labute approximate surface area is 175 Å². The van der Waals surface area contributed by atoms with Crippen molar-refractivity contribution in [3.05, 3.63) is 59.2 Å². The summed E-state index contributed by atoms with van der Waals surface area (Å²) in [5, 5.41) is 0. The molecule has 0 fully saturated rings. The van der Waals surface area contributed by atoms with Crippen LogP contribution in [0.1, 0.15) is 65.2 Å². The van der Waals surface area contributed by atoms with E-state index >= 15 is 0 Å². The van der Waals surface area contributed by atoms with Gasteiger partial charge in [-0.2, -0.15) is 0 Å². The average molecular weight is 558 g/mol. The summed E-state index contributed by atoms with van der Waals surface area (Å²) in [5.41, 5.74) is 3.52. The quantitative estimate of drug-likeness (QED) is 0.302. The molecule has 0 spiro atoms. The minimum atomic E-state index is -1.63. The Hall–Kier alpha value is -0.355. The Morgan fingerprint density at radius 1 is 1.00 bits per heavy atom. The van der Waals surface area contributed by atoms with Crippen LogP contribution in [0.15, 0.2) is 47.4 Å². The van der Waals surface area contributed by atoms with Crippen LogP contribution in [0.2, 0.25) is 0 Å². The maximum atomic E-state index is 6.62. The van der Waals surface area contributed by atoms with Crippen molar-refractivity contribution < 1.29 is 31.9 Å². The van der Waals surface area contributed by atoms with Gasteiger partial charge >= 0.3 is 176 Å². The van der Waals surface area contributed by atoms with Gasteiger partial charge < -0.3 is 0 Å². The second kappa shape index (κ2) is 7.23. The third kappa shape index (κ3) is 4.21. The molecule has 0 saturated carbocycles. The fourth-order valence-corrected chi connectivity index (χ4v) is 8.95. The molecule has 0 radical (unpaired) electrons. The Balaban J connectivity index is 2.01. The predicted molar refractivity (Wildman–Crippen MR) is 106 cm³/mol. The molecule has 2 nitrogen and oxygen atoms in total. The van der Waals surface area contributed by atoms with E-state index < -0.39 is 25.0 Å². The Morgan fingerprint density at radius 2 is 1.65 bits per heavy atom. The molecular formula is C22H29HgO2S+. The van der Waals surface area contributed by atoms with E-state index in [0.717, 1.165) is 12.0 Å². The van der Waals surface area contributed by atoms with Crippen LogP contribution in [0.3, 0.4) is 0 Å². The number of rotatable bonds is 4. The second-order valence-electron chi connectivity index (χ2n) is 9.15. The standard InChI is InChI=1S/C16H23O2S.C6H5.Hg/c1-14(2,3)10-8-11(15(4,5)17)13-12(9-10)16(6,7)18-19-13;1-2-4-6-5-3-1;/h8-9H,1-7H3;1-5H;/q-1;;+1/p+1. The number of thiol groups is 1. The van der Waals surface area contributed by atoms with Crippen LogP contribution < -0.4 is 3.07 Å². The summed E-state index contributed by atoms with van der Waals surface area (Å²) in [6.07, 6.45) is 0. The van der Waals surface area contributed by atoms with E-state index in [2.05, 4.69) is 90.9 Å². The Kier molecular flexibility index (Phi) is 5.67. The zero-order valence-corrected chi connectivity index (χ0v) is 23.4. The van der Waals surface area contributed by atoms with Crippen LogP contribution >= 0.6 is 0 Å². The first kappa shape index (κ1) is 20.4. The van der Waals surface area contributed by atoms with E-state index in [1.165, 1.54) is 24.7 Å². The van der Waals surface area contributed by atoms with Crippen molar-refractivity contribution in [2.45, 2.75) is 70.0 Å². The molecular weight excluding hydrogens is 529 g/mol. The SMILES string of the molecule is CC(C)(C)c1cc2c(c(C(C)(C)[O][Hg][c]3ccccc3)c1)[SH+]OC2(C)C. The normalized spacial score (nSPS) is 16.3. The molecule has 0 aliphatic carbocycles. The topological polar surface area (TPSA) is 18.5 Å². The number of fused-ring (bicyclic) bond motifs is 1. The molecule has 0 aromatic heterocycles. The van der Waals surface area contributed by atoms with Gasteiger partial charge in [0.05, 0.1) is 0 Å². The van der Waals surface area contributed by atoms with Crippen molar-refractivity contribution >= 4 is 15.1 Å². The number of benzene rings is 2. The fraction of sp³-hybridized carbons (Fsp3) is 0.455. The number of hydrogen-bond donors (Lipinski definition) is 0. The Bertz CT molecular complexity index is 792. The molecule has 2 aromatic rings. The molecule has 0 unspecified atom stereocenters. The van der Waals surface area contributed by atoms with E-state index in [-0.39, 0.29) is 16.6 Å². The first-order valence-corrected chi connectivity index (χ1v) is 15.1. The summed E-state index contributed by atoms with van der Waals surface area (Å²) in [4.78, 5) is 1.30. The van der Waals surface area contributed by atoms with Gasteiger partial charge in [0, 0.05) is 0 Å². The summed E-state index contributed by atoms with van der Waals surface area (Å²) in [7, 11) is 0. The molecule has 4 heteroatoms. The molecule has 1 aliphatic rings. The van der Waals surface area contributed by atoms with Crippen molar-refractivity contribution in [1.82, 2.24) is 0 Å². The van der Waals surface area contributed by atoms with Crippen LogP contribution in [0.5, 0.6) is 0 Å². The van der Waals surface area contributed by atoms with E-state index in [4.69, 9.17) is 6.83 Å². The monoisotopic (exact) mass is 559 g/mol. The zero-order valence-electron chi connectivity index (χ0n) is 17.0. The molecule has 2 aromatic carbocycles. The van der Waals surface area contributed by atoms with Crippen molar-refractivity contribution in [3.63, 3.8) is 0 Å². The van der Waals surface area contributed by atoms with Gasteiger partial charge in [-0.3, -0.25) is 0 Å². The van der Waals surface area contributed by atoms with Gasteiger partial charge in [0.25, 0.3) is 0 Å².